The largest absolute Gasteiger partial charge is 0.266 e. The maximum absolute atomic E-state index is 13.7. The molecule has 0 aromatic carbocycles. The quantitative estimate of drug-likeness (QED) is 0.521. The van der Waals surface area contributed by atoms with Crippen molar-refractivity contribution in [3.8, 4) is 6.07 Å². The van der Waals surface area contributed by atoms with E-state index in [0.717, 1.165) is 11.5 Å². The summed E-state index contributed by atoms with van der Waals surface area (Å²) in [6, 6.07) is 2.07. The van der Waals surface area contributed by atoms with Gasteiger partial charge in [-0.2, -0.15) is 24.2 Å². The van der Waals surface area contributed by atoms with Gasteiger partial charge >= 0.3 is 0 Å². The molecule has 0 atom stereocenters. The summed E-state index contributed by atoms with van der Waals surface area (Å²) in [7, 11) is 0. The van der Waals surface area contributed by atoms with Crippen molar-refractivity contribution in [2.24, 2.45) is 5.10 Å². The minimum Gasteiger partial charge on any atom is -0.266 e. The molecule has 0 aliphatic rings. The Balaban J connectivity index is 2.12. The van der Waals surface area contributed by atoms with Crippen LogP contribution in [0.2, 0.25) is 0 Å². The summed E-state index contributed by atoms with van der Waals surface area (Å²) in [5.41, 5.74) is 3.44. The summed E-state index contributed by atoms with van der Waals surface area (Å²) in [5.74, 6) is -0.437. The van der Waals surface area contributed by atoms with E-state index in [1.54, 1.807) is 6.92 Å². The molecule has 2 rings (SSSR count). The number of rotatable bonds is 5. The van der Waals surface area contributed by atoms with Gasteiger partial charge in [-0.15, -0.1) is 11.8 Å². The molecular formula is C11H11FN6S2. The third-order valence-electron chi connectivity index (χ3n) is 2.44. The second kappa shape index (κ2) is 6.49. The maximum atomic E-state index is 13.7. The molecule has 0 aliphatic carbocycles. The summed E-state index contributed by atoms with van der Waals surface area (Å²) in [4.78, 5) is 0. The summed E-state index contributed by atoms with van der Waals surface area (Å²) in [6.07, 6.45) is 4.57. The Kier molecular flexibility index (Phi) is 4.70. The maximum Gasteiger partial charge on any atom is 0.220 e. The Morgan fingerprint density at radius 1 is 1.70 bits per heavy atom. The molecule has 0 saturated heterocycles. The molecule has 0 bridgehead atoms. The molecule has 0 spiro atoms. The van der Waals surface area contributed by atoms with E-state index in [1.165, 1.54) is 28.9 Å². The van der Waals surface area contributed by atoms with Crippen molar-refractivity contribution in [1.29, 1.82) is 5.26 Å². The van der Waals surface area contributed by atoms with Crippen molar-refractivity contribution in [1.82, 2.24) is 14.2 Å². The predicted octanol–water partition coefficient (Wildman–Crippen LogP) is 2.54. The summed E-state index contributed by atoms with van der Waals surface area (Å²) in [6.45, 7) is 2.26. The van der Waals surface area contributed by atoms with Crippen molar-refractivity contribution in [2.75, 3.05) is 11.7 Å². The van der Waals surface area contributed by atoms with Gasteiger partial charge in [0.25, 0.3) is 0 Å². The van der Waals surface area contributed by atoms with Gasteiger partial charge in [-0.25, -0.2) is 4.68 Å². The number of nitriles is 1. The number of hydrogen-bond donors (Lipinski definition) is 1. The van der Waals surface area contributed by atoms with Crippen LogP contribution >= 0.6 is 23.3 Å². The van der Waals surface area contributed by atoms with Gasteiger partial charge in [0.15, 0.2) is 0 Å². The Morgan fingerprint density at radius 2 is 2.50 bits per heavy atom. The normalized spacial score (nSPS) is 10.9. The molecule has 0 fully saturated rings. The van der Waals surface area contributed by atoms with Crippen LogP contribution in [0.25, 0.3) is 0 Å². The zero-order valence-electron chi connectivity index (χ0n) is 10.8. The van der Waals surface area contributed by atoms with Crippen LogP contribution in [0, 0.1) is 17.3 Å². The first-order chi connectivity index (χ1) is 9.71. The molecule has 6 nitrogen and oxygen atoms in total. The lowest BCUT2D eigenvalue weighted by Crippen LogP contribution is -2.00. The third kappa shape index (κ3) is 2.81. The van der Waals surface area contributed by atoms with Gasteiger partial charge in [0.1, 0.15) is 21.7 Å². The zero-order valence-corrected chi connectivity index (χ0v) is 12.4. The van der Waals surface area contributed by atoms with Gasteiger partial charge < -0.3 is 0 Å². The Hall–Kier alpha value is -1.92. The molecule has 2 heterocycles. The fraction of sp³-hybridized carbons (Fsp3) is 0.273. The monoisotopic (exact) mass is 310 g/mol. The van der Waals surface area contributed by atoms with Gasteiger partial charge in [-0.3, -0.25) is 5.43 Å². The van der Waals surface area contributed by atoms with E-state index in [0.29, 0.717) is 22.1 Å². The predicted molar refractivity (Wildman–Crippen MR) is 77.7 cm³/mol. The smallest absolute Gasteiger partial charge is 0.220 e. The fourth-order valence-corrected chi connectivity index (χ4v) is 2.86. The summed E-state index contributed by atoms with van der Waals surface area (Å²) < 4.78 is 19.0. The summed E-state index contributed by atoms with van der Waals surface area (Å²) >= 11 is 2.53. The highest BCUT2D eigenvalue weighted by Crippen LogP contribution is 2.29. The molecule has 2 aromatic heterocycles. The first-order valence-electron chi connectivity index (χ1n) is 5.65. The van der Waals surface area contributed by atoms with Crippen molar-refractivity contribution in [2.45, 2.75) is 18.5 Å². The van der Waals surface area contributed by atoms with E-state index in [1.807, 2.05) is 6.26 Å². The molecule has 20 heavy (non-hydrogen) atoms. The van der Waals surface area contributed by atoms with Crippen molar-refractivity contribution in [3.05, 3.63) is 23.3 Å². The van der Waals surface area contributed by atoms with Crippen LogP contribution < -0.4 is 5.43 Å². The van der Waals surface area contributed by atoms with Gasteiger partial charge in [0.2, 0.25) is 5.95 Å². The standard InChI is InChI=1S/C11H11FN6S2/c1-3-18-9(12)7(6-15-18)5-14-16-10-8(4-13)11(19-2)17-20-10/h5-6,16H,3H2,1-2H3/b14-5+. The lowest BCUT2D eigenvalue weighted by Gasteiger charge is -1.96. The molecule has 104 valence electrons. The van der Waals surface area contributed by atoms with Crippen LogP contribution in [-0.2, 0) is 6.54 Å². The van der Waals surface area contributed by atoms with Gasteiger partial charge in [-0.05, 0) is 24.7 Å². The first-order valence-corrected chi connectivity index (χ1v) is 7.65. The molecule has 1 N–H and O–H groups in total. The molecule has 0 amide bonds. The number of anilines is 1. The number of nitrogens with zero attached hydrogens (tertiary/aromatic N) is 5. The number of aryl methyl sites for hydroxylation is 1. The van der Waals surface area contributed by atoms with E-state index < -0.39 is 5.95 Å². The first kappa shape index (κ1) is 14.5. The molecule has 9 heteroatoms. The molecular weight excluding hydrogens is 299 g/mol. The van der Waals surface area contributed by atoms with E-state index in [9.17, 15) is 4.39 Å². The van der Waals surface area contributed by atoms with Crippen LogP contribution in [-0.4, -0.2) is 26.6 Å². The average molecular weight is 310 g/mol. The Labute approximate surface area is 123 Å². The number of halogens is 1. The van der Waals surface area contributed by atoms with Gasteiger partial charge in [0.05, 0.1) is 18.0 Å². The van der Waals surface area contributed by atoms with Crippen molar-refractivity contribution in [3.63, 3.8) is 0 Å². The van der Waals surface area contributed by atoms with Crippen LogP contribution in [0.5, 0.6) is 0 Å². The number of hydrazone groups is 1. The van der Waals surface area contributed by atoms with Crippen molar-refractivity contribution < 1.29 is 4.39 Å². The van der Waals surface area contributed by atoms with E-state index in [-0.39, 0.29) is 5.56 Å². The van der Waals surface area contributed by atoms with Gasteiger partial charge in [0, 0.05) is 6.54 Å². The molecule has 2 aromatic rings. The fourth-order valence-electron chi connectivity index (χ4n) is 1.44. The number of thioether (sulfide) groups is 1. The lowest BCUT2D eigenvalue weighted by atomic mass is 10.4. The zero-order chi connectivity index (χ0) is 14.5. The topological polar surface area (TPSA) is 78.9 Å². The van der Waals surface area contributed by atoms with Crippen LogP contribution in [0.1, 0.15) is 18.1 Å². The van der Waals surface area contributed by atoms with Gasteiger partial charge in [-0.1, -0.05) is 0 Å². The van der Waals surface area contributed by atoms with Crippen molar-refractivity contribution >= 4 is 34.5 Å². The number of aromatic nitrogens is 3. The van der Waals surface area contributed by atoms with Crippen LogP contribution in [0.15, 0.2) is 16.3 Å². The Bertz CT molecular complexity index is 669. The summed E-state index contributed by atoms with van der Waals surface area (Å²) in [5, 5.41) is 18.0. The highest BCUT2D eigenvalue weighted by Gasteiger charge is 2.12. The van der Waals surface area contributed by atoms with Crippen LogP contribution in [0.3, 0.4) is 0 Å². The SMILES string of the molecule is CCn1ncc(/C=N/Nc2snc(SC)c2C#N)c1F. The van der Waals surface area contributed by atoms with E-state index in [2.05, 4.69) is 26.1 Å². The molecule has 0 saturated carbocycles. The minimum atomic E-state index is -0.437. The average Bonchev–Trinajstić information content (AvgIpc) is 3.02. The second-order valence-electron chi connectivity index (χ2n) is 3.58. The Morgan fingerprint density at radius 3 is 3.10 bits per heavy atom. The van der Waals surface area contributed by atoms with E-state index >= 15 is 0 Å². The van der Waals surface area contributed by atoms with E-state index in [4.69, 9.17) is 5.26 Å². The molecule has 0 unspecified atom stereocenters. The lowest BCUT2D eigenvalue weighted by molar-refractivity contribution is 0.470. The molecule has 0 radical (unpaired) electrons. The highest BCUT2D eigenvalue weighted by atomic mass is 32.2. The highest BCUT2D eigenvalue weighted by molar-refractivity contribution is 7.98. The second-order valence-corrected chi connectivity index (χ2v) is 5.15. The minimum absolute atomic E-state index is 0.285. The molecule has 0 aliphatic heterocycles. The number of nitrogens with one attached hydrogen (secondary N) is 1. The number of hydrogen-bond acceptors (Lipinski definition) is 7. The third-order valence-corrected chi connectivity index (χ3v) is 3.99. The van der Waals surface area contributed by atoms with Crippen LogP contribution in [0.4, 0.5) is 9.39 Å².